The number of rotatable bonds is 7. The molecule has 0 spiro atoms. The topological polar surface area (TPSA) is 70.8 Å². The largest absolute Gasteiger partial charge is 0.460 e. The second-order valence-corrected chi connectivity index (χ2v) is 7.01. The average Bonchev–Trinajstić information content (AvgIpc) is 2.15. The second-order valence-electron chi connectivity index (χ2n) is 3.78. The highest BCUT2D eigenvalue weighted by atomic mass is 32.5. The molecule has 0 aliphatic rings. The van der Waals surface area contributed by atoms with Gasteiger partial charge in [0.15, 0.2) is 0 Å². The standard InChI is InChI=1S/C10H20NO4PS/c1-8(2)15-10(12)7-9(3)5-6-14-16(11,17)13-4/h7-8H,5-6H2,1-4H3,(H2,11,17). The van der Waals surface area contributed by atoms with Crippen molar-refractivity contribution in [2.75, 3.05) is 13.7 Å². The zero-order chi connectivity index (χ0) is 13.5. The molecule has 0 bridgehead atoms. The van der Waals surface area contributed by atoms with Gasteiger partial charge in [0.05, 0.1) is 12.7 Å². The number of esters is 1. The molecule has 1 unspecified atom stereocenters. The monoisotopic (exact) mass is 281 g/mol. The molecule has 2 N–H and O–H groups in total. The lowest BCUT2D eigenvalue weighted by Crippen LogP contribution is -2.09. The fourth-order valence-corrected chi connectivity index (χ4v) is 1.60. The van der Waals surface area contributed by atoms with E-state index in [1.165, 1.54) is 13.2 Å². The lowest BCUT2D eigenvalue weighted by Gasteiger charge is -2.14. The average molecular weight is 281 g/mol. The first-order chi connectivity index (χ1) is 7.76. The highest BCUT2D eigenvalue weighted by Crippen LogP contribution is 2.38. The summed E-state index contributed by atoms with van der Waals surface area (Å²) >= 11 is 4.87. The van der Waals surface area contributed by atoms with Gasteiger partial charge in [-0.05, 0) is 39.0 Å². The van der Waals surface area contributed by atoms with Crippen molar-refractivity contribution in [2.45, 2.75) is 33.3 Å². The molecule has 0 aromatic heterocycles. The lowest BCUT2D eigenvalue weighted by molar-refractivity contribution is -0.141. The zero-order valence-electron chi connectivity index (χ0n) is 10.6. The fraction of sp³-hybridized carbons (Fsp3) is 0.700. The maximum absolute atomic E-state index is 11.3. The van der Waals surface area contributed by atoms with Crippen molar-refractivity contribution in [1.82, 2.24) is 0 Å². The summed E-state index contributed by atoms with van der Waals surface area (Å²) in [5.41, 5.74) is 6.39. The Bertz CT molecular complexity index is 330. The summed E-state index contributed by atoms with van der Waals surface area (Å²) in [6, 6.07) is 0. The predicted molar refractivity (Wildman–Crippen MR) is 71.0 cm³/mol. The molecule has 0 fully saturated rings. The van der Waals surface area contributed by atoms with Gasteiger partial charge in [-0.3, -0.25) is 5.50 Å². The maximum Gasteiger partial charge on any atom is 0.330 e. The number of ether oxygens (including phenoxy) is 1. The van der Waals surface area contributed by atoms with Crippen LogP contribution in [0.5, 0.6) is 0 Å². The van der Waals surface area contributed by atoms with Gasteiger partial charge in [-0.1, -0.05) is 5.57 Å². The minimum Gasteiger partial charge on any atom is -0.460 e. The quantitative estimate of drug-likeness (QED) is 0.438. The molecule has 1 atom stereocenters. The van der Waals surface area contributed by atoms with Crippen molar-refractivity contribution < 1.29 is 18.6 Å². The molecular formula is C10H20NO4PS. The van der Waals surface area contributed by atoms with E-state index in [1.54, 1.807) is 13.8 Å². The molecule has 0 radical (unpaired) electrons. The Morgan fingerprint density at radius 3 is 2.59 bits per heavy atom. The molecular weight excluding hydrogens is 261 g/mol. The molecule has 100 valence electrons. The van der Waals surface area contributed by atoms with Crippen LogP contribution < -0.4 is 5.50 Å². The predicted octanol–water partition coefficient (Wildman–Crippen LogP) is 2.12. The summed E-state index contributed by atoms with van der Waals surface area (Å²) in [7, 11) is 1.42. The first-order valence-corrected chi connectivity index (χ1v) is 7.94. The lowest BCUT2D eigenvalue weighted by atomic mass is 10.2. The van der Waals surface area contributed by atoms with Crippen LogP contribution in [0.4, 0.5) is 0 Å². The summed E-state index contributed by atoms with van der Waals surface area (Å²) in [5.74, 6) is -0.351. The Hall–Kier alpha value is -0.260. The molecule has 0 aromatic rings. The number of hydrogen-bond acceptors (Lipinski definition) is 5. The molecule has 7 heteroatoms. The van der Waals surface area contributed by atoms with Crippen LogP contribution in [0.3, 0.4) is 0 Å². The Labute approximate surface area is 108 Å². The number of nitrogens with two attached hydrogens (primary N) is 1. The van der Waals surface area contributed by atoms with E-state index in [-0.39, 0.29) is 12.1 Å². The zero-order valence-corrected chi connectivity index (χ0v) is 12.3. The number of hydrogen-bond donors (Lipinski definition) is 1. The second kappa shape index (κ2) is 7.95. The van der Waals surface area contributed by atoms with Gasteiger partial charge in [-0.25, -0.2) is 4.79 Å². The number of carbonyl (C=O) groups excluding carboxylic acids is 1. The van der Waals surface area contributed by atoms with Gasteiger partial charge in [0.25, 0.3) is 6.64 Å². The first-order valence-electron chi connectivity index (χ1n) is 5.23. The van der Waals surface area contributed by atoms with Crippen molar-refractivity contribution in [3.8, 4) is 0 Å². The molecule has 0 saturated heterocycles. The Balaban J connectivity index is 4.01. The molecule has 17 heavy (non-hydrogen) atoms. The minimum absolute atomic E-state index is 0.119. The van der Waals surface area contributed by atoms with E-state index >= 15 is 0 Å². The summed E-state index contributed by atoms with van der Waals surface area (Å²) in [5, 5.41) is 0. The molecule has 5 nitrogen and oxygen atoms in total. The smallest absolute Gasteiger partial charge is 0.330 e. The molecule has 0 aliphatic carbocycles. The third-order valence-electron chi connectivity index (χ3n) is 1.74. The van der Waals surface area contributed by atoms with Gasteiger partial charge in [-0.2, -0.15) is 0 Å². The van der Waals surface area contributed by atoms with E-state index in [2.05, 4.69) is 0 Å². The molecule has 0 heterocycles. The highest BCUT2D eigenvalue weighted by Gasteiger charge is 2.09. The highest BCUT2D eigenvalue weighted by molar-refractivity contribution is 8.08. The van der Waals surface area contributed by atoms with Crippen LogP contribution >= 0.6 is 6.64 Å². The summed E-state index contributed by atoms with van der Waals surface area (Å²) in [4.78, 5) is 11.3. The van der Waals surface area contributed by atoms with E-state index in [0.717, 1.165) is 5.57 Å². The van der Waals surface area contributed by atoms with E-state index in [0.29, 0.717) is 13.0 Å². The fourth-order valence-electron chi connectivity index (χ4n) is 0.926. The van der Waals surface area contributed by atoms with Crippen LogP contribution in [0.15, 0.2) is 11.6 Å². The Kier molecular flexibility index (Phi) is 7.83. The van der Waals surface area contributed by atoms with Crippen LogP contribution in [-0.2, 0) is 30.4 Å². The summed E-state index contributed by atoms with van der Waals surface area (Å²) in [6.07, 6.45) is 1.88. The van der Waals surface area contributed by atoms with Crippen LogP contribution in [0.2, 0.25) is 0 Å². The van der Waals surface area contributed by atoms with Crippen molar-refractivity contribution in [3.63, 3.8) is 0 Å². The van der Waals surface area contributed by atoms with Crippen LogP contribution in [0, 0.1) is 0 Å². The van der Waals surface area contributed by atoms with Crippen LogP contribution in [0.1, 0.15) is 27.2 Å². The first kappa shape index (κ1) is 16.7. The van der Waals surface area contributed by atoms with Gasteiger partial charge < -0.3 is 13.8 Å². The van der Waals surface area contributed by atoms with Crippen molar-refractivity contribution in [1.29, 1.82) is 0 Å². The van der Waals surface area contributed by atoms with Gasteiger partial charge >= 0.3 is 5.97 Å². The van der Waals surface area contributed by atoms with E-state index < -0.39 is 6.64 Å². The van der Waals surface area contributed by atoms with E-state index in [9.17, 15) is 4.79 Å². The molecule has 0 amide bonds. The Morgan fingerprint density at radius 1 is 1.53 bits per heavy atom. The summed E-state index contributed by atoms with van der Waals surface area (Å²) in [6.45, 7) is 3.15. The van der Waals surface area contributed by atoms with Crippen LogP contribution in [0.25, 0.3) is 0 Å². The SMILES string of the molecule is COP(N)(=S)OCCC(C)=CC(=O)OC(C)C. The molecule has 0 aliphatic heterocycles. The third-order valence-corrected chi connectivity index (χ3v) is 3.55. The molecule has 0 saturated carbocycles. The van der Waals surface area contributed by atoms with Gasteiger partial charge in [0.1, 0.15) is 0 Å². The van der Waals surface area contributed by atoms with E-state index in [1.807, 2.05) is 6.92 Å². The van der Waals surface area contributed by atoms with Gasteiger partial charge in [-0.15, -0.1) is 0 Å². The number of carbonyl (C=O) groups is 1. The van der Waals surface area contributed by atoms with Crippen molar-refractivity contribution >= 4 is 24.4 Å². The van der Waals surface area contributed by atoms with Gasteiger partial charge in [0, 0.05) is 13.2 Å². The minimum atomic E-state index is -2.60. The Morgan fingerprint density at radius 2 is 2.12 bits per heavy atom. The van der Waals surface area contributed by atoms with Crippen LogP contribution in [-0.4, -0.2) is 25.8 Å². The van der Waals surface area contributed by atoms with Crippen molar-refractivity contribution in [2.24, 2.45) is 5.50 Å². The maximum atomic E-state index is 11.3. The normalized spacial score (nSPS) is 15.8. The van der Waals surface area contributed by atoms with E-state index in [4.69, 9.17) is 31.1 Å². The molecule has 0 aromatic carbocycles. The third kappa shape index (κ3) is 9.44. The summed E-state index contributed by atoms with van der Waals surface area (Å²) < 4.78 is 15.0. The molecule has 0 rings (SSSR count). The van der Waals surface area contributed by atoms with Gasteiger partial charge in [0.2, 0.25) is 0 Å². The van der Waals surface area contributed by atoms with Crippen molar-refractivity contribution in [3.05, 3.63) is 11.6 Å².